The minimum Gasteiger partial charge on any atom is -0.494 e. The smallest absolute Gasteiger partial charge is 0.119 e. The molecular weight excluding hydrogens is 404 g/mol. The third-order valence-corrected chi connectivity index (χ3v) is 5.64. The predicted molar refractivity (Wildman–Crippen MR) is 120 cm³/mol. The van der Waals surface area contributed by atoms with Crippen molar-refractivity contribution in [1.29, 1.82) is 0 Å². The zero-order valence-corrected chi connectivity index (χ0v) is 18.5. The van der Waals surface area contributed by atoms with Crippen molar-refractivity contribution >= 4 is 11.6 Å². The molecule has 0 radical (unpaired) electrons. The van der Waals surface area contributed by atoms with Gasteiger partial charge in [-0.15, -0.1) is 0 Å². The number of halogens is 1. The molecule has 0 unspecified atom stereocenters. The van der Waals surface area contributed by atoms with Crippen molar-refractivity contribution in [3.8, 4) is 5.75 Å². The molecule has 5 nitrogen and oxygen atoms in total. The van der Waals surface area contributed by atoms with Gasteiger partial charge in [0, 0.05) is 18.1 Å². The highest BCUT2D eigenvalue weighted by Gasteiger charge is 2.36. The van der Waals surface area contributed by atoms with E-state index in [1.54, 1.807) is 0 Å². The van der Waals surface area contributed by atoms with Gasteiger partial charge < -0.3 is 24.8 Å². The fourth-order valence-corrected chi connectivity index (χ4v) is 3.59. The number of hydrogen-bond acceptors (Lipinski definition) is 5. The first-order valence-corrected chi connectivity index (χ1v) is 10.8. The summed E-state index contributed by atoms with van der Waals surface area (Å²) in [4.78, 5) is 0. The zero-order chi connectivity index (χ0) is 22.1. The van der Waals surface area contributed by atoms with Crippen LogP contribution in [0.2, 0.25) is 0 Å². The van der Waals surface area contributed by atoms with Crippen LogP contribution in [0.3, 0.4) is 0 Å². The summed E-state index contributed by atoms with van der Waals surface area (Å²) in [6.07, 6.45) is 2.81. The van der Waals surface area contributed by atoms with Crippen molar-refractivity contribution in [3.63, 3.8) is 0 Å². The van der Waals surface area contributed by atoms with E-state index < -0.39 is 18.3 Å². The highest BCUT2D eigenvalue weighted by molar-refractivity contribution is 6.31. The molecule has 3 N–H and O–H groups in total. The molecule has 6 heteroatoms. The van der Waals surface area contributed by atoms with Crippen LogP contribution in [0.1, 0.15) is 38.7 Å². The van der Waals surface area contributed by atoms with E-state index in [1.165, 1.54) is 0 Å². The molecule has 1 aromatic carbocycles. The fraction of sp³-hybridized carbons (Fsp3) is 0.500. The molecule has 1 fully saturated rings. The largest absolute Gasteiger partial charge is 0.494 e. The predicted octanol–water partition coefficient (Wildman–Crippen LogP) is 3.90. The van der Waals surface area contributed by atoms with Crippen LogP contribution in [0, 0.1) is 0 Å². The first kappa shape index (κ1) is 24.6. The maximum absolute atomic E-state index is 10.1. The number of allylic oxidation sites excluding steroid dienone is 4. The maximum atomic E-state index is 10.1. The van der Waals surface area contributed by atoms with Gasteiger partial charge in [0.2, 0.25) is 0 Å². The third-order valence-electron chi connectivity index (χ3n) is 5.19. The highest BCUT2D eigenvalue weighted by Crippen LogP contribution is 2.28. The van der Waals surface area contributed by atoms with Crippen LogP contribution in [0.4, 0.5) is 0 Å². The summed E-state index contributed by atoms with van der Waals surface area (Å²) >= 11 is 6.44. The average molecular weight is 437 g/mol. The molecule has 166 valence electrons. The molecule has 0 aliphatic carbocycles. The molecule has 0 spiro atoms. The molecule has 0 bridgehead atoms. The molecular formula is C24H33ClO5. The molecule has 1 aromatic rings. The first-order valence-electron chi connectivity index (χ1n) is 10.4. The Balaban J connectivity index is 1.90. The van der Waals surface area contributed by atoms with Gasteiger partial charge in [-0.2, -0.15) is 0 Å². The van der Waals surface area contributed by atoms with E-state index in [2.05, 4.69) is 6.58 Å². The minimum atomic E-state index is -0.987. The van der Waals surface area contributed by atoms with Crippen LogP contribution < -0.4 is 4.74 Å². The van der Waals surface area contributed by atoms with E-state index in [0.29, 0.717) is 18.1 Å². The lowest BCUT2D eigenvalue weighted by atomic mass is 9.92. The number of rotatable bonds is 10. The molecule has 0 amide bonds. The Morgan fingerprint density at radius 2 is 2.00 bits per heavy atom. The summed E-state index contributed by atoms with van der Waals surface area (Å²) in [6, 6.07) is 7.99. The topological polar surface area (TPSA) is 79.2 Å². The standard InChI is InChI=1S/C24H33ClO5/c1-4-29-19-10-8-18(9-11-19)14-17(3)20(25)7-5-6-16(2)23-15-21(27)24(28)22(30-23)12-13-26/h5,7-11,21-24,26-28H,2,4,6,12-15H2,1,3H3/b7-5-,20-17-/t21-,22-,23-,24+/m1/s1. The van der Waals surface area contributed by atoms with E-state index >= 15 is 0 Å². The fourth-order valence-electron chi connectivity index (χ4n) is 3.43. The lowest BCUT2D eigenvalue weighted by molar-refractivity contribution is -0.162. The van der Waals surface area contributed by atoms with Gasteiger partial charge >= 0.3 is 0 Å². The van der Waals surface area contributed by atoms with E-state index in [-0.39, 0.29) is 25.6 Å². The molecule has 30 heavy (non-hydrogen) atoms. The van der Waals surface area contributed by atoms with Crippen molar-refractivity contribution in [1.82, 2.24) is 0 Å². The SMILES string of the molecule is C=C(C/C=C\C(Cl)=C(/C)Cc1ccc(OCC)cc1)[C@H]1C[C@@H](O)[C@H](O)[C@@H](CCO)O1. The number of hydrogen-bond donors (Lipinski definition) is 3. The number of aliphatic hydroxyl groups excluding tert-OH is 3. The summed E-state index contributed by atoms with van der Waals surface area (Å²) in [7, 11) is 0. The Labute approximate surface area is 184 Å². The minimum absolute atomic E-state index is 0.110. The summed E-state index contributed by atoms with van der Waals surface area (Å²) in [5.74, 6) is 0.858. The Hall–Kier alpha value is -1.63. The molecule has 0 aromatic heterocycles. The second-order valence-electron chi connectivity index (χ2n) is 7.62. The quantitative estimate of drug-likeness (QED) is 0.383. The Bertz CT molecular complexity index is 740. The monoisotopic (exact) mass is 436 g/mol. The zero-order valence-electron chi connectivity index (χ0n) is 17.8. The van der Waals surface area contributed by atoms with Crippen LogP contribution in [0.5, 0.6) is 5.75 Å². The van der Waals surface area contributed by atoms with Gasteiger partial charge in [-0.05, 0) is 62.5 Å². The highest BCUT2D eigenvalue weighted by atomic mass is 35.5. The van der Waals surface area contributed by atoms with Crippen LogP contribution in [-0.2, 0) is 11.2 Å². The summed E-state index contributed by atoms with van der Waals surface area (Å²) < 4.78 is 11.3. The van der Waals surface area contributed by atoms with Crippen molar-refractivity contribution < 1.29 is 24.8 Å². The third kappa shape index (κ3) is 7.25. The van der Waals surface area contributed by atoms with Gasteiger partial charge in [-0.3, -0.25) is 0 Å². The van der Waals surface area contributed by atoms with Crippen molar-refractivity contribution in [3.05, 3.63) is 64.7 Å². The lowest BCUT2D eigenvalue weighted by Gasteiger charge is -2.37. The number of benzene rings is 1. The van der Waals surface area contributed by atoms with Crippen LogP contribution >= 0.6 is 11.6 Å². The summed E-state index contributed by atoms with van der Waals surface area (Å²) in [6.45, 7) is 8.56. The van der Waals surface area contributed by atoms with E-state index in [1.807, 2.05) is 50.3 Å². The van der Waals surface area contributed by atoms with Crippen LogP contribution in [-0.4, -0.2) is 52.9 Å². The van der Waals surface area contributed by atoms with E-state index in [9.17, 15) is 10.2 Å². The second kappa shape index (κ2) is 12.3. The summed E-state index contributed by atoms with van der Waals surface area (Å²) in [5, 5.41) is 29.8. The van der Waals surface area contributed by atoms with Gasteiger partial charge in [0.1, 0.15) is 11.9 Å². The van der Waals surface area contributed by atoms with Gasteiger partial charge in [-0.1, -0.05) is 42.0 Å². The molecule has 4 atom stereocenters. The maximum Gasteiger partial charge on any atom is 0.119 e. The van der Waals surface area contributed by atoms with Gasteiger partial charge in [-0.25, -0.2) is 0 Å². The van der Waals surface area contributed by atoms with E-state index in [4.69, 9.17) is 26.2 Å². The van der Waals surface area contributed by atoms with Crippen molar-refractivity contribution in [2.24, 2.45) is 0 Å². The molecule has 0 saturated carbocycles. The van der Waals surface area contributed by atoms with Crippen LogP contribution in [0.15, 0.2) is 59.2 Å². The van der Waals surface area contributed by atoms with Crippen LogP contribution in [0.25, 0.3) is 0 Å². The molecule has 1 heterocycles. The Kier molecular flexibility index (Phi) is 10.1. The van der Waals surface area contributed by atoms with Crippen molar-refractivity contribution in [2.75, 3.05) is 13.2 Å². The molecule has 1 aliphatic rings. The van der Waals surface area contributed by atoms with Gasteiger partial charge in [0.25, 0.3) is 0 Å². The van der Waals surface area contributed by atoms with E-state index in [0.717, 1.165) is 28.9 Å². The van der Waals surface area contributed by atoms with Crippen molar-refractivity contribution in [2.45, 2.75) is 63.9 Å². The number of ether oxygens (including phenoxy) is 2. The average Bonchev–Trinajstić information content (AvgIpc) is 2.72. The van der Waals surface area contributed by atoms with Gasteiger partial charge in [0.15, 0.2) is 0 Å². The van der Waals surface area contributed by atoms with Gasteiger partial charge in [0.05, 0.1) is 24.9 Å². The molecule has 1 saturated heterocycles. The Morgan fingerprint density at radius 1 is 1.30 bits per heavy atom. The number of aliphatic hydroxyl groups is 3. The second-order valence-corrected chi connectivity index (χ2v) is 8.02. The lowest BCUT2D eigenvalue weighted by Crippen LogP contribution is -2.48. The Morgan fingerprint density at radius 3 is 2.63 bits per heavy atom. The summed E-state index contributed by atoms with van der Waals surface area (Å²) in [5.41, 5.74) is 3.01. The first-order chi connectivity index (χ1) is 14.3. The molecule has 2 rings (SSSR count). The normalized spacial score (nSPS) is 25.3. The molecule has 1 aliphatic heterocycles.